The lowest BCUT2D eigenvalue weighted by atomic mass is 9.93. The fourth-order valence-electron chi connectivity index (χ4n) is 2.74. The summed E-state index contributed by atoms with van der Waals surface area (Å²) in [5.74, 6) is -0.0528. The molecule has 4 nitrogen and oxygen atoms in total. The first kappa shape index (κ1) is 18.1. The number of halogens is 2. The third kappa shape index (κ3) is 3.96. The summed E-state index contributed by atoms with van der Waals surface area (Å²) in [5.41, 5.74) is 8.56. The Bertz CT molecular complexity index is 903. The Balaban J connectivity index is 1.83. The molecule has 0 bridgehead atoms. The van der Waals surface area contributed by atoms with Gasteiger partial charge >= 0.3 is 0 Å². The molecule has 1 unspecified atom stereocenters. The molecule has 1 atom stereocenters. The third-order valence-electron chi connectivity index (χ3n) is 4.09. The van der Waals surface area contributed by atoms with E-state index in [2.05, 4.69) is 5.10 Å². The summed E-state index contributed by atoms with van der Waals surface area (Å²) in [5, 5.41) is 4.79. The highest BCUT2D eigenvalue weighted by Crippen LogP contribution is 2.36. The van der Waals surface area contributed by atoms with E-state index in [0.29, 0.717) is 27.2 Å². The van der Waals surface area contributed by atoms with Gasteiger partial charge in [0.05, 0.1) is 10.6 Å². The van der Waals surface area contributed by atoms with Crippen molar-refractivity contribution in [1.82, 2.24) is 9.78 Å². The van der Waals surface area contributed by atoms with Crippen molar-refractivity contribution in [3.63, 3.8) is 0 Å². The molecule has 0 saturated heterocycles. The molecule has 2 aromatic heterocycles. The summed E-state index contributed by atoms with van der Waals surface area (Å²) in [7, 11) is 1.84. The molecule has 0 fully saturated rings. The maximum atomic E-state index is 12.7. The lowest BCUT2D eigenvalue weighted by Crippen LogP contribution is -2.16. The van der Waals surface area contributed by atoms with Crippen LogP contribution >= 0.6 is 34.5 Å². The van der Waals surface area contributed by atoms with Crippen LogP contribution in [-0.4, -0.2) is 22.1 Å². The van der Waals surface area contributed by atoms with Crippen LogP contribution in [0.5, 0.6) is 0 Å². The minimum atomic E-state index is -0.0766. The van der Waals surface area contributed by atoms with Crippen molar-refractivity contribution in [2.24, 2.45) is 12.8 Å². The molecular weight excluding hydrogens is 377 g/mol. The highest BCUT2D eigenvalue weighted by atomic mass is 35.5. The zero-order chi connectivity index (χ0) is 18.0. The third-order valence-corrected chi connectivity index (χ3v) is 5.73. The van der Waals surface area contributed by atoms with Crippen LogP contribution in [0.15, 0.2) is 42.6 Å². The van der Waals surface area contributed by atoms with E-state index in [1.807, 2.05) is 37.4 Å². The maximum Gasteiger partial charge on any atom is 0.173 e. The summed E-state index contributed by atoms with van der Waals surface area (Å²) in [6.45, 7) is 0.375. The van der Waals surface area contributed by atoms with Crippen molar-refractivity contribution in [3.8, 4) is 11.3 Å². The SMILES string of the molecule is Cn1nccc1-c1cc(C(=O)CC(CN)c2cccc(Cl)c2)sc1Cl. The van der Waals surface area contributed by atoms with Crippen LogP contribution in [0, 0.1) is 0 Å². The van der Waals surface area contributed by atoms with Gasteiger partial charge in [0.1, 0.15) is 4.34 Å². The summed E-state index contributed by atoms with van der Waals surface area (Å²) >= 11 is 13.7. The normalized spacial score (nSPS) is 12.3. The zero-order valence-corrected chi connectivity index (χ0v) is 15.9. The van der Waals surface area contributed by atoms with Gasteiger partial charge in [0, 0.05) is 36.2 Å². The monoisotopic (exact) mass is 393 g/mol. The summed E-state index contributed by atoms with van der Waals surface area (Å²) in [6.07, 6.45) is 2.02. The Kier molecular flexibility index (Phi) is 5.59. The van der Waals surface area contributed by atoms with Gasteiger partial charge in [-0.25, -0.2) is 0 Å². The Morgan fingerprint density at radius 2 is 2.12 bits per heavy atom. The number of benzene rings is 1. The maximum absolute atomic E-state index is 12.7. The smallest absolute Gasteiger partial charge is 0.173 e. The van der Waals surface area contributed by atoms with Gasteiger partial charge in [-0.15, -0.1) is 11.3 Å². The first-order chi connectivity index (χ1) is 12.0. The summed E-state index contributed by atoms with van der Waals surface area (Å²) in [6, 6.07) is 11.2. The predicted molar refractivity (Wildman–Crippen MR) is 104 cm³/mol. The van der Waals surface area contributed by atoms with Crippen LogP contribution < -0.4 is 5.73 Å². The van der Waals surface area contributed by atoms with Gasteiger partial charge in [-0.2, -0.15) is 5.10 Å². The van der Waals surface area contributed by atoms with Crippen LogP contribution in [0.25, 0.3) is 11.3 Å². The Morgan fingerprint density at radius 3 is 2.76 bits per heavy atom. The minimum absolute atomic E-state index is 0.0238. The standard InChI is InChI=1S/C18H17Cl2N3OS/c1-23-15(5-6-22-23)14-9-17(25-18(14)20)16(24)8-12(10-21)11-3-2-4-13(19)7-11/h2-7,9,12H,8,10,21H2,1H3. The molecule has 3 aromatic rings. The van der Waals surface area contributed by atoms with E-state index in [4.69, 9.17) is 28.9 Å². The van der Waals surface area contributed by atoms with Crippen molar-refractivity contribution in [3.05, 3.63) is 62.4 Å². The lowest BCUT2D eigenvalue weighted by Gasteiger charge is -2.14. The molecule has 2 N–H and O–H groups in total. The number of thiophene rings is 1. The van der Waals surface area contributed by atoms with Crippen LogP contribution in [0.1, 0.15) is 27.6 Å². The van der Waals surface area contributed by atoms with E-state index in [0.717, 1.165) is 16.8 Å². The number of hydrogen-bond acceptors (Lipinski definition) is 4. The van der Waals surface area contributed by atoms with Gasteiger partial charge in [-0.05, 0) is 36.4 Å². The van der Waals surface area contributed by atoms with E-state index in [1.165, 1.54) is 11.3 Å². The molecule has 0 aliphatic rings. The fraction of sp³-hybridized carbons (Fsp3) is 0.222. The van der Waals surface area contributed by atoms with Gasteiger partial charge in [0.25, 0.3) is 0 Å². The van der Waals surface area contributed by atoms with Crippen LogP contribution in [-0.2, 0) is 7.05 Å². The topological polar surface area (TPSA) is 60.9 Å². The van der Waals surface area contributed by atoms with Crippen LogP contribution in [0.3, 0.4) is 0 Å². The molecule has 1 aromatic carbocycles. The van der Waals surface area contributed by atoms with Crippen molar-refractivity contribution >= 4 is 40.3 Å². The van der Waals surface area contributed by atoms with E-state index in [1.54, 1.807) is 16.9 Å². The molecule has 0 aliphatic heterocycles. The highest BCUT2D eigenvalue weighted by molar-refractivity contribution is 7.18. The summed E-state index contributed by atoms with van der Waals surface area (Å²) < 4.78 is 2.32. The molecule has 130 valence electrons. The van der Waals surface area contributed by atoms with E-state index < -0.39 is 0 Å². The average molecular weight is 394 g/mol. The molecule has 3 rings (SSSR count). The number of nitrogens with zero attached hydrogens (tertiary/aromatic N) is 2. The van der Waals surface area contributed by atoms with E-state index >= 15 is 0 Å². The number of carbonyl (C=O) groups is 1. The Hall–Kier alpha value is -1.66. The molecule has 7 heteroatoms. The highest BCUT2D eigenvalue weighted by Gasteiger charge is 2.20. The second kappa shape index (κ2) is 7.70. The molecule has 0 amide bonds. The Morgan fingerprint density at radius 1 is 1.32 bits per heavy atom. The van der Waals surface area contributed by atoms with Crippen molar-refractivity contribution in [1.29, 1.82) is 0 Å². The van der Waals surface area contributed by atoms with Crippen LogP contribution in [0.2, 0.25) is 9.36 Å². The lowest BCUT2D eigenvalue weighted by molar-refractivity contribution is 0.0978. The largest absolute Gasteiger partial charge is 0.330 e. The van der Waals surface area contributed by atoms with Crippen molar-refractivity contribution < 1.29 is 4.79 Å². The Labute approximate surface area is 160 Å². The quantitative estimate of drug-likeness (QED) is 0.613. The second-order valence-corrected chi connectivity index (χ2v) is 7.84. The van der Waals surface area contributed by atoms with Gasteiger partial charge < -0.3 is 5.73 Å². The molecule has 0 radical (unpaired) electrons. The average Bonchev–Trinajstić information content (AvgIpc) is 3.17. The molecule has 0 saturated carbocycles. The van der Waals surface area contributed by atoms with Crippen molar-refractivity contribution in [2.75, 3.05) is 6.54 Å². The minimum Gasteiger partial charge on any atom is -0.330 e. The molecular formula is C18H17Cl2N3OS. The molecule has 25 heavy (non-hydrogen) atoms. The first-order valence-corrected chi connectivity index (χ1v) is 9.33. The number of carbonyl (C=O) groups excluding carboxylic acids is 1. The number of nitrogens with two attached hydrogens (primary N) is 1. The summed E-state index contributed by atoms with van der Waals surface area (Å²) in [4.78, 5) is 13.4. The fourth-order valence-corrected chi connectivity index (χ4v) is 4.18. The molecule has 0 aliphatic carbocycles. The number of aromatic nitrogens is 2. The van der Waals surface area contributed by atoms with Gasteiger partial charge in [-0.1, -0.05) is 35.3 Å². The number of Topliss-reactive ketones (excluding diaryl/α,β-unsaturated/α-hetero) is 1. The number of ketones is 1. The zero-order valence-electron chi connectivity index (χ0n) is 13.6. The van der Waals surface area contributed by atoms with Gasteiger partial charge in [-0.3, -0.25) is 9.48 Å². The second-order valence-electron chi connectivity index (χ2n) is 5.75. The van der Waals surface area contributed by atoms with E-state index in [9.17, 15) is 4.79 Å². The first-order valence-electron chi connectivity index (χ1n) is 7.76. The van der Waals surface area contributed by atoms with E-state index in [-0.39, 0.29) is 11.7 Å². The van der Waals surface area contributed by atoms with Crippen LogP contribution in [0.4, 0.5) is 0 Å². The number of aryl methyl sites for hydroxylation is 1. The number of hydrogen-bond donors (Lipinski definition) is 1. The van der Waals surface area contributed by atoms with Gasteiger partial charge in [0.15, 0.2) is 5.78 Å². The molecule has 2 heterocycles. The predicted octanol–water partition coefficient (Wildman–Crippen LogP) is 4.77. The number of rotatable bonds is 6. The van der Waals surface area contributed by atoms with Gasteiger partial charge in [0.2, 0.25) is 0 Å². The van der Waals surface area contributed by atoms with Crippen molar-refractivity contribution in [2.45, 2.75) is 12.3 Å². The molecule has 0 spiro atoms.